The van der Waals surface area contributed by atoms with Crippen LogP contribution in [0, 0.1) is 17.1 Å². The first-order valence-corrected chi connectivity index (χ1v) is 6.93. The second kappa shape index (κ2) is 5.93. The molecule has 1 aromatic heterocycles. The summed E-state index contributed by atoms with van der Waals surface area (Å²) in [5.74, 6) is -1.94. The van der Waals surface area contributed by atoms with Crippen molar-refractivity contribution in [3.8, 4) is 6.07 Å². The zero-order valence-corrected chi connectivity index (χ0v) is 12.2. The Hall–Kier alpha value is -3.53. The highest BCUT2D eigenvalue weighted by Crippen LogP contribution is 2.15. The van der Waals surface area contributed by atoms with E-state index in [4.69, 9.17) is 5.26 Å². The van der Waals surface area contributed by atoms with Gasteiger partial charge in [-0.25, -0.2) is 13.9 Å². The van der Waals surface area contributed by atoms with Crippen LogP contribution in [0.25, 0.3) is 10.8 Å². The summed E-state index contributed by atoms with van der Waals surface area (Å²) in [5, 5.41) is 22.3. The molecule has 7 heteroatoms. The average Bonchev–Trinajstić information content (AvgIpc) is 2.58. The lowest BCUT2D eigenvalue weighted by Gasteiger charge is -2.09. The molecule has 0 saturated heterocycles. The topological polar surface area (TPSA) is 96.0 Å². The highest BCUT2D eigenvalue weighted by Gasteiger charge is 2.16. The van der Waals surface area contributed by atoms with E-state index in [1.54, 1.807) is 12.1 Å². The summed E-state index contributed by atoms with van der Waals surface area (Å²) in [6.07, 6.45) is 0. The third-order valence-corrected chi connectivity index (χ3v) is 3.57. The van der Waals surface area contributed by atoms with Crippen LogP contribution in [0.1, 0.15) is 21.6 Å². The Morgan fingerprint density at radius 1 is 1.25 bits per heavy atom. The summed E-state index contributed by atoms with van der Waals surface area (Å²) >= 11 is 0. The molecule has 6 nitrogen and oxygen atoms in total. The van der Waals surface area contributed by atoms with E-state index in [1.807, 2.05) is 6.07 Å². The molecule has 118 valence electrons. The standard InChI is InChI=1S/C17H10FN3O3/c18-14-7-10(8-19)5-6-11(14)9-21-16(22)13-4-2-1-3-12(13)15(20-21)17(23)24/h1-7H,9H2,(H,23,24). The third-order valence-electron chi connectivity index (χ3n) is 3.57. The number of aromatic carboxylic acids is 1. The average molecular weight is 323 g/mol. The predicted molar refractivity (Wildman–Crippen MR) is 83.2 cm³/mol. The van der Waals surface area contributed by atoms with E-state index in [-0.39, 0.29) is 34.1 Å². The number of carboxylic acids is 1. The molecule has 0 fully saturated rings. The van der Waals surface area contributed by atoms with Gasteiger partial charge in [0.1, 0.15) is 5.82 Å². The number of halogens is 1. The van der Waals surface area contributed by atoms with Crippen LogP contribution in [0.15, 0.2) is 47.3 Å². The fraction of sp³-hybridized carbons (Fsp3) is 0.0588. The van der Waals surface area contributed by atoms with Crippen molar-refractivity contribution in [1.82, 2.24) is 9.78 Å². The van der Waals surface area contributed by atoms with Crippen LogP contribution < -0.4 is 5.56 Å². The number of nitriles is 1. The maximum atomic E-state index is 14.0. The Bertz CT molecular complexity index is 1070. The molecule has 3 aromatic rings. The number of nitrogens with zero attached hydrogens (tertiary/aromatic N) is 3. The molecule has 0 radical (unpaired) electrons. The summed E-state index contributed by atoms with van der Waals surface area (Å²) in [6, 6.07) is 11.9. The maximum Gasteiger partial charge on any atom is 0.357 e. The third kappa shape index (κ3) is 2.61. The van der Waals surface area contributed by atoms with Crippen molar-refractivity contribution < 1.29 is 14.3 Å². The van der Waals surface area contributed by atoms with Gasteiger partial charge in [-0.3, -0.25) is 4.79 Å². The molecule has 3 rings (SSSR count). The van der Waals surface area contributed by atoms with E-state index >= 15 is 0 Å². The quantitative estimate of drug-likeness (QED) is 0.796. The van der Waals surface area contributed by atoms with Crippen molar-refractivity contribution in [2.75, 3.05) is 0 Å². The van der Waals surface area contributed by atoms with Crippen LogP contribution in [-0.2, 0) is 6.54 Å². The Balaban J connectivity index is 2.17. The van der Waals surface area contributed by atoms with Crippen molar-refractivity contribution >= 4 is 16.7 Å². The molecule has 0 unspecified atom stereocenters. The molecule has 0 bridgehead atoms. The largest absolute Gasteiger partial charge is 0.476 e. The lowest BCUT2D eigenvalue weighted by Crippen LogP contribution is -2.26. The first-order valence-electron chi connectivity index (χ1n) is 6.93. The minimum Gasteiger partial charge on any atom is -0.476 e. The SMILES string of the molecule is N#Cc1ccc(Cn2nc(C(=O)O)c3ccccc3c2=O)c(F)c1. The van der Waals surface area contributed by atoms with E-state index in [2.05, 4.69) is 5.10 Å². The lowest BCUT2D eigenvalue weighted by molar-refractivity contribution is 0.0690. The van der Waals surface area contributed by atoms with Crippen molar-refractivity contribution in [1.29, 1.82) is 5.26 Å². The summed E-state index contributed by atoms with van der Waals surface area (Å²) in [6.45, 7) is -0.235. The summed E-state index contributed by atoms with van der Waals surface area (Å²) < 4.78 is 14.9. The smallest absolute Gasteiger partial charge is 0.357 e. The molecule has 24 heavy (non-hydrogen) atoms. The van der Waals surface area contributed by atoms with E-state index in [1.165, 1.54) is 24.3 Å². The van der Waals surface area contributed by atoms with E-state index in [9.17, 15) is 19.1 Å². The molecule has 2 aromatic carbocycles. The van der Waals surface area contributed by atoms with Gasteiger partial charge >= 0.3 is 5.97 Å². The molecule has 0 aliphatic rings. The summed E-state index contributed by atoms with van der Waals surface area (Å²) in [5.41, 5.74) is -0.505. The molecule has 1 N–H and O–H groups in total. The fourth-order valence-electron chi connectivity index (χ4n) is 2.41. The van der Waals surface area contributed by atoms with Gasteiger partial charge in [-0.2, -0.15) is 10.4 Å². The van der Waals surface area contributed by atoms with Crippen LogP contribution in [0.3, 0.4) is 0 Å². The number of benzene rings is 2. The van der Waals surface area contributed by atoms with Crippen LogP contribution in [0.4, 0.5) is 4.39 Å². The number of carbonyl (C=O) groups is 1. The van der Waals surface area contributed by atoms with Gasteiger partial charge in [0.2, 0.25) is 0 Å². The van der Waals surface area contributed by atoms with E-state index in [0.717, 1.165) is 10.7 Å². The van der Waals surface area contributed by atoms with Crippen molar-refractivity contribution in [3.05, 3.63) is 75.5 Å². The number of carboxylic acid groups (broad SMARTS) is 1. The van der Waals surface area contributed by atoms with Gasteiger partial charge in [0.25, 0.3) is 5.56 Å². The van der Waals surface area contributed by atoms with Gasteiger partial charge in [0.05, 0.1) is 23.6 Å². The van der Waals surface area contributed by atoms with Gasteiger partial charge in [-0.1, -0.05) is 24.3 Å². The first kappa shape index (κ1) is 15.4. The first-order chi connectivity index (χ1) is 11.5. The molecule has 0 aliphatic carbocycles. The van der Waals surface area contributed by atoms with Gasteiger partial charge in [-0.05, 0) is 18.2 Å². The molecule has 0 spiro atoms. The van der Waals surface area contributed by atoms with Crippen LogP contribution in [0.5, 0.6) is 0 Å². The van der Waals surface area contributed by atoms with Gasteiger partial charge < -0.3 is 5.11 Å². The Labute approximate surface area is 135 Å². The second-order valence-corrected chi connectivity index (χ2v) is 5.08. The molecular weight excluding hydrogens is 313 g/mol. The van der Waals surface area contributed by atoms with Crippen LogP contribution >= 0.6 is 0 Å². The zero-order valence-electron chi connectivity index (χ0n) is 12.2. The number of aromatic nitrogens is 2. The van der Waals surface area contributed by atoms with Gasteiger partial charge in [0.15, 0.2) is 5.69 Å². The number of hydrogen-bond donors (Lipinski definition) is 1. The van der Waals surface area contributed by atoms with E-state index in [0.29, 0.717) is 0 Å². The highest BCUT2D eigenvalue weighted by molar-refractivity contribution is 6.01. The zero-order chi connectivity index (χ0) is 17.3. The molecule has 0 aliphatic heterocycles. The second-order valence-electron chi connectivity index (χ2n) is 5.08. The van der Waals surface area contributed by atoms with Crippen molar-refractivity contribution in [2.24, 2.45) is 0 Å². The lowest BCUT2D eigenvalue weighted by atomic mass is 10.1. The predicted octanol–water partition coefficient (Wildman–Crippen LogP) is 2.15. The van der Waals surface area contributed by atoms with E-state index < -0.39 is 17.3 Å². The van der Waals surface area contributed by atoms with Gasteiger partial charge in [-0.15, -0.1) is 0 Å². The molecule has 1 heterocycles. The Kier molecular flexibility index (Phi) is 3.80. The minimum atomic E-state index is -1.28. The Morgan fingerprint density at radius 2 is 1.96 bits per heavy atom. The molecular formula is C17H10FN3O3. The normalized spacial score (nSPS) is 10.5. The maximum absolute atomic E-state index is 14.0. The van der Waals surface area contributed by atoms with Crippen molar-refractivity contribution in [3.63, 3.8) is 0 Å². The fourth-order valence-corrected chi connectivity index (χ4v) is 2.41. The molecule has 0 amide bonds. The van der Waals surface area contributed by atoms with Gasteiger partial charge in [0, 0.05) is 10.9 Å². The number of rotatable bonds is 3. The number of fused-ring (bicyclic) bond motifs is 1. The summed E-state index contributed by atoms with van der Waals surface area (Å²) in [4.78, 5) is 23.9. The van der Waals surface area contributed by atoms with Crippen molar-refractivity contribution in [2.45, 2.75) is 6.54 Å². The minimum absolute atomic E-state index is 0.134. The monoisotopic (exact) mass is 323 g/mol. The number of hydrogen-bond acceptors (Lipinski definition) is 4. The Morgan fingerprint density at radius 3 is 2.58 bits per heavy atom. The van der Waals surface area contributed by atoms with Crippen LogP contribution in [0.2, 0.25) is 0 Å². The van der Waals surface area contributed by atoms with Crippen LogP contribution in [-0.4, -0.2) is 20.9 Å². The highest BCUT2D eigenvalue weighted by atomic mass is 19.1. The molecule has 0 atom stereocenters. The summed E-state index contributed by atoms with van der Waals surface area (Å²) in [7, 11) is 0. The molecule has 0 saturated carbocycles.